The summed E-state index contributed by atoms with van der Waals surface area (Å²) in [5, 5.41) is 10.6. The second-order valence-electron chi connectivity index (χ2n) is 4.49. The molecule has 7 nitrogen and oxygen atoms in total. The minimum atomic E-state index is -4.67. The van der Waals surface area contributed by atoms with Gasteiger partial charge >= 0.3 is 6.18 Å². The van der Waals surface area contributed by atoms with E-state index in [-0.39, 0.29) is 22.6 Å². The van der Waals surface area contributed by atoms with Gasteiger partial charge in [-0.2, -0.15) is 18.2 Å². The molecule has 0 spiro atoms. The first-order chi connectivity index (χ1) is 11.3. The molecule has 2 aromatic heterocycles. The van der Waals surface area contributed by atoms with E-state index in [0.717, 1.165) is 11.8 Å². The van der Waals surface area contributed by atoms with Crippen LogP contribution in [0.4, 0.5) is 13.2 Å². The molecule has 0 aliphatic rings. The van der Waals surface area contributed by atoms with E-state index in [1.807, 2.05) is 0 Å². The second kappa shape index (κ2) is 6.32. The Labute approximate surface area is 142 Å². The number of nitrogens with zero attached hydrogens (tertiary/aromatic N) is 5. The Morgan fingerprint density at radius 3 is 2.54 bits per heavy atom. The molecule has 0 atom stereocenters. The highest BCUT2D eigenvalue weighted by molar-refractivity contribution is 7.98. The van der Waals surface area contributed by atoms with Gasteiger partial charge < -0.3 is 10.4 Å². The van der Waals surface area contributed by atoms with E-state index in [1.165, 1.54) is 0 Å². The molecule has 2 heterocycles. The standard InChI is InChI=1S/C12H8ClF3N6OS/c13-7-3-1-6(2-4-7)9-18-8(21-23-9)5-24-11-20-19-10(22(11)17)12(14,15)16/h1-4H,5,17H2. The third kappa shape index (κ3) is 3.46. The molecule has 12 heteroatoms. The number of nitrogens with two attached hydrogens (primary N) is 1. The van der Waals surface area contributed by atoms with Crippen molar-refractivity contribution in [3.05, 3.63) is 40.9 Å². The molecule has 0 radical (unpaired) electrons. The van der Waals surface area contributed by atoms with Crippen LogP contribution < -0.4 is 5.84 Å². The fourth-order valence-electron chi connectivity index (χ4n) is 1.72. The van der Waals surface area contributed by atoms with Crippen molar-refractivity contribution in [1.82, 2.24) is 25.0 Å². The Balaban J connectivity index is 1.70. The molecule has 0 unspecified atom stereocenters. The first kappa shape index (κ1) is 16.6. The van der Waals surface area contributed by atoms with E-state index < -0.39 is 12.0 Å². The summed E-state index contributed by atoms with van der Waals surface area (Å²) < 4.78 is 43.2. The maximum Gasteiger partial charge on any atom is 0.453 e. The van der Waals surface area contributed by atoms with Crippen molar-refractivity contribution in [2.24, 2.45) is 0 Å². The lowest BCUT2D eigenvalue weighted by Crippen LogP contribution is -2.21. The van der Waals surface area contributed by atoms with E-state index >= 15 is 0 Å². The number of hydrogen-bond donors (Lipinski definition) is 1. The molecule has 1 aromatic carbocycles. The molecular weight excluding hydrogens is 369 g/mol. The number of thioether (sulfide) groups is 1. The molecular formula is C12H8ClF3N6OS. The van der Waals surface area contributed by atoms with Crippen molar-refractivity contribution in [1.29, 1.82) is 0 Å². The third-order valence-electron chi connectivity index (χ3n) is 2.81. The van der Waals surface area contributed by atoms with Crippen LogP contribution >= 0.6 is 23.4 Å². The maximum atomic E-state index is 12.6. The second-order valence-corrected chi connectivity index (χ2v) is 5.86. The van der Waals surface area contributed by atoms with Crippen molar-refractivity contribution < 1.29 is 17.7 Å². The van der Waals surface area contributed by atoms with Crippen LogP contribution in [0.5, 0.6) is 0 Å². The lowest BCUT2D eigenvalue weighted by molar-refractivity contribution is -0.146. The molecule has 2 N–H and O–H groups in total. The number of halogens is 4. The quantitative estimate of drug-likeness (QED) is 0.552. The monoisotopic (exact) mass is 376 g/mol. The number of aromatic nitrogens is 5. The van der Waals surface area contributed by atoms with Gasteiger partial charge in [-0.25, -0.2) is 4.68 Å². The van der Waals surface area contributed by atoms with Crippen LogP contribution in [0.1, 0.15) is 11.6 Å². The van der Waals surface area contributed by atoms with Crippen molar-refractivity contribution in [2.45, 2.75) is 17.1 Å². The smallest absolute Gasteiger partial charge is 0.335 e. The molecule has 0 aliphatic heterocycles. The fourth-order valence-corrected chi connectivity index (χ4v) is 2.55. The van der Waals surface area contributed by atoms with Crippen LogP contribution in [-0.4, -0.2) is 25.0 Å². The third-order valence-corrected chi connectivity index (χ3v) is 4.00. The van der Waals surface area contributed by atoms with Crippen LogP contribution in [0.25, 0.3) is 11.5 Å². The first-order valence-corrected chi connectivity index (χ1v) is 7.70. The lowest BCUT2D eigenvalue weighted by Gasteiger charge is -2.05. The summed E-state index contributed by atoms with van der Waals surface area (Å²) in [6, 6.07) is 6.76. The largest absolute Gasteiger partial charge is 0.453 e. The van der Waals surface area contributed by atoms with E-state index in [1.54, 1.807) is 24.3 Å². The zero-order valence-corrected chi connectivity index (χ0v) is 13.2. The Hall–Kier alpha value is -2.27. The van der Waals surface area contributed by atoms with Gasteiger partial charge in [0.1, 0.15) is 0 Å². The zero-order chi connectivity index (χ0) is 17.3. The Kier molecular flexibility index (Phi) is 4.37. The Morgan fingerprint density at radius 2 is 1.92 bits per heavy atom. The SMILES string of the molecule is Nn1c(SCc2noc(-c3ccc(Cl)cc3)n2)nnc1C(F)(F)F. The first-order valence-electron chi connectivity index (χ1n) is 6.33. The Morgan fingerprint density at radius 1 is 1.21 bits per heavy atom. The van der Waals surface area contributed by atoms with E-state index in [4.69, 9.17) is 22.0 Å². The number of hydrogen-bond acceptors (Lipinski definition) is 7. The summed E-state index contributed by atoms with van der Waals surface area (Å²) in [6.07, 6.45) is -4.67. The average Bonchev–Trinajstić information content (AvgIpc) is 3.12. The van der Waals surface area contributed by atoms with Crippen molar-refractivity contribution in [2.75, 3.05) is 5.84 Å². The topological polar surface area (TPSA) is 95.7 Å². The van der Waals surface area contributed by atoms with Gasteiger partial charge in [-0.3, -0.25) is 0 Å². The minimum Gasteiger partial charge on any atom is -0.335 e. The van der Waals surface area contributed by atoms with Gasteiger partial charge in [-0.15, -0.1) is 10.2 Å². The molecule has 0 saturated carbocycles. The van der Waals surface area contributed by atoms with Crippen LogP contribution in [-0.2, 0) is 11.9 Å². The van der Waals surface area contributed by atoms with E-state index in [9.17, 15) is 13.2 Å². The van der Waals surface area contributed by atoms with Crippen molar-refractivity contribution >= 4 is 23.4 Å². The average molecular weight is 377 g/mol. The fraction of sp³-hybridized carbons (Fsp3) is 0.167. The van der Waals surface area contributed by atoms with Crippen LogP contribution in [0.3, 0.4) is 0 Å². The summed E-state index contributed by atoms with van der Waals surface area (Å²) in [4.78, 5) is 4.15. The van der Waals surface area contributed by atoms with Gasteiger partial charge in [-0.1, -0.05) is 28.5 Å². The van der Waals surface area contributed by atoms with Gasteiger partial charge in [0, 0.05) is 10.6 Å². The highest BCUT2D eigenvalue weighted by Gasteiger charge is 2.38. The van der Waals surface area contributed by atoms with E-state index in [2.05, 4.69) is 20.3 Å². The highest BCUT2D eigenvalue weighted by atomic mass is 35.5. The maximum absolute atomic E-state index is 12.6. The molecule has 126 valence electrons. The van der Waals surface area contributed by atoms with Crippen LogP contribution in [0.15, 0.2) is 33.9 Å². The van der Waals surface area contributed by atoms with Gasteiger partial charge in [0.2, 0.25) is 5.16 Å². The normalized spacial score (nSPS) is 11.8. The molecule has 0 bridgehead atoms. The summed E-state index contributed by atoms with van der Waals surface area (Å²) in [5.74, 6) is 4.73. The van der Waals surface area contributed by atoms with Crippen LogP contribution in [0.2, 0.25) is 5.02 Å². The summed E-state index contributed by atoms with van der Waals surface area (Å²) in [6.45, 7) is 0. The molecule has 3 rings (SSSR count). The molecule has 0 amide bonds. The zero-order valence-electron chi connectivity index (χ0n) is 11.7. The summed E-state index contributed by atoms with van der Waals surface area (Å²) in [7, 11) is 0. The summed E-state index contributed by atoms with van der Waals surface area (Å²) in [5.41, 5.74) is 0.671. The molecule has 24 heavy (non-hydrogen) atoms. The summed E-state index contributed by atoms with van der Waals surface area (Å²) >= 11 is 6.70. The number of benzene rings is 1. The Bertz CT molecular complexity index is 847. The predicted octanol–water partition coefficient (Wildman–Crippen LogP) is 3.01. The molecule has 0 saturated heterocycles. The highest BCUT2D eigenvalue weighted by Crippen LogP contribution is 2.29. The van der Waals surface area contributed by atoms with E-state index in [0.29, 0.717) is 15.3 Å². The number of alkyl halides is 3. The number of nitrogen functional groups attached to an aromatic ring is 1. The molecule has 0 aliphatic carbocycles. The number of rotatable bonds is 4. The van der Waals surface area contributed by atoms with Crippen LogP contribution in [0, 0.1) is 0 Å². The predicted molar refractivity (Wildman–Crippen MR) is 79.5 cm³/mol. The van der Waals surface area contributed by atoms with Crippen molar-refractivity contribution in [3.63, 3.8) is 0 Å². The molecule has 3 aromatic rings. The van der Waals surface area contributed by atoms with Gasteiger partial charge in [0.15, 0.2) is 5.82 Å². The van der Waals surface area contributed by atoms with Gasteiger partial charge in [0.25, 0.3) is 11.7 Å². The molecule has 0 fully saturated rings. The lowest BCUT2D eigenvalue weighted by atomic mass is 10.2. The minimum absolute atomic E-state index is 0.111. The van der Waals surface area contributed by atoms with Gasteiger partial charge in [0.05, 0.1) is 5.75 Å². The van der Waals surface area contributed by atoms with Crippen molar-refractivity contribution in [3.8, 4) is 11.5 Å². The van der Waals surface area contributed by atoms with Gasteiger partial charge in [-0.05, 0) is 24.3 Å².